The Morgan fingerprint density at radius 2 is 2.12 bits per heavy atom. The molecule has 124 valence electrons. The molecule has 0 N–H and O–H groups in total. The van der Waals surface area contributed by atoms with Crippen LogP contribution in [0.2, 0.25) is 0 Å². The predicted octanol–water partition coefficient (Wildman–Crippen LogP) is 2.60. The molecule has 1 aliphatic heterocycles. The maximum atomic E-state index is 13.1. The van der Waals surface area contributed by atoms with Gasteiger partial charge in [0.25, 0.3) is 0 Å². The lowest BCUT2D eigenvalue weighted by Crippen LogP contribution is -2.37. The molecule has 1 aliphatic carbocycles. The Hall–Kier alpha value is -2.41. The van der Waals surface area contributed by atoms with Gasteiger partial charge in [0.2, 0.25) is 5.91 Å². The topological polar surface area (TPSA) is 68.7 Å². The third-order valence-corrected chi connectivity index (χ3v) is 5.21. The third kappa shape index (κ3) is 2.54. The molecule has 0 saturated heterocycles. The predicted molar refractivity (Wildman–Crippen MR) is 88.6 cm³/mol. The van der Waals surface area contributed by atoms with Gasteiger partial charge in [0.1, 0.15) is 23.2 Å². The quantitative estimate of drug-likeness (QED) is 0.798. The standard InChI is InChI=1S/C17H16N2O4S/c1-22-16(21)14-8-18-17(24-14)19(10-6-7-10)15(20)12-9-23-13-5-3-2-4-11(12)13/h2-5,8,10,12H,6-7,9H2,1H3/t12-/m1/s1. The highest BCUT2D eigenvalue weighted by Gasteiger charge is 2.41. The van der Waals surface area contributed by atoms with E-state index < -0.39 is 5.97 Å². The highest BCUT2D eigenvalue weighted by molar-refractivity contribution is 7.17. The van der Waals surface area contributed by atoms with Crippen LogP contribution in [0.15, 0.2) is 30.5 Å². The summed E-state index contributed by atoms with van der Waals surface area (Å²) < 4.78 is 10.4. The fourth-order valence-corrected chi connectivity index (χ4v) is 3.78. The van der Waals surface area contributed by atoms with Gasteiger partial charge in [-0.05, 0) is 18.9 Å². The summed E-state index contributed by atoms with van der Waals surface area (Å²) in [5.41, 5.74) is 0.915. The largest absolute Gasteiger partial charge is 0.492 e. The van der Waals surface area contributed by atoms with Crippen LogP contribution < -0.4 is 9.64 Å². The van der Waals surface area contributed by atoms with Gasteiger partial charge in [0.15, 0.2) is 5.13 Å². The number of benzene rings is 1. The molecule has 1 fully saturated rings. The zero-order chi connectivity index (χ0) is 16.7. The van der Waals surface area contributed by atoms with Crippen LogP contribution in [-0.2, 0) is 9.53 Å². The second-order valence-corrected chi connectivity index (χ2v) is 6.85. The van der Waals surface area contributed by atoms with Crippen molar-refractivity contribution >= 4 is 28.3 Å². The van der Waals surface area contributed by atoms with Gasteiger partial charge in [-0.15, -0.1) is 0 Å². The lowest BCUT2D eigenvalue weighted by molar-refractivity contribution is -0.120. The number of hydrogen-bond donors (Lipinski definition) is 0. The molecule has 2 aromatic rings. The van der Waals surface area contributed by atoms with Gasteiger partial charge < -0.3 is 9.47 Å². The summed E-state index contributed by atoms with van der Waals surface area (Å²) >= 11 is 1.19. The molecule has 0 unspecified atom stereocenters. The number of amides is 1. The van der Waals surface area contributed by atoms with E-state index in [0.717, 1.165) is 24.2 Å². The van der Waals surface area contributed by atoms with Gasteiger partial charge in [0, 0.05) is 11.6 Å². The van der Waals surface area contributed by atoms with Gasteiger partial charge in [-0.2, -0.15) is 0 Å². The molecular formula is C17H16N2O4S. The maximum absolute atomic E-state index is 13.1. The van der Waals surface area contributed by atoms with Crippen LogP contribution in [0.3, 0.4) is 0 Å². The van der Waals surface area contributed by atoms with E-state index in [1.54, 1.807) is 4.90 Å². The van der Waals surface area contributed by atoms with E-state index in [1.807, 2.05) is 24.3 Å². The second kappa shape index (κ2) is 5.90. The molecule has 1 atom stereocenters. The molecule has 0 bridgehead atoms. The molecule has 4 rings (SSSR count). The van der Waals surface area contributed by atoms with E-state index in [1.165, 1.54) is 24.6 Å². The van der Waals surface area contributed by atoms with Crippen molar-refractivity contribution < 1.29 is 19.1 Å². The SMILES string of the molecule is COC(=O)c1cnc(N(C(=O)[C@@H]2COc3ccccc32)C2CC2)s1. The summed E-state index contributed by atoms with van der Waals surface area (Å²) in [7, 11) is 1.33. The van der Waals surface area contributed by atoms with Crippen molar-refractivity contribution in [1.82, 2.24) is 4.98 Å². The first-order valence-corrected chi connectivity index (χ1v) is 8.59. The zero-order valence-corrected chi connectivity index (χ0v) is 13.9. The molecule has 24 heavy (non-hydrogen) atoms. The van der Waals surface area contributed by atoms with E-state index in [4.69, 9.17) is 9.47 Å². The van der Waals surface area contributed by atoms with E-state index in [9.17, 15) is 9.59 Å². The molecule has 0 radical (unpaired) electrons. The van der Waals surface area contributed by atoms with Crippen LogP contribution in [0, 0.1) is 0 Å². The Labute approximate surface area is 143 Å². The summed E-state index contributed by atoms with van der Waals surface area (Å²) in [6.45, 7) is 0.344. The van der Waals surface area contributed by atoms with Crippen molar-refractivity contribution in [3.05, 3.63) is 40.9 Å². The Kier molecular flexibility index (Phi) is 3.72. The second-order valence-electron chi connectivity index (χ2n) is 5.84. The first kappa shape index (κ1) is 15.1. The van der Waals surface area contributed by atoms with Crippen LogP contribution in [0.4, 0.5) is 5.13 Å². The van der Waals surface area contributed by atoms with Crippen molar-refractivity contribution in [2.24, 2.45) is 0 Å². The smallest absolute Gasteiger partial charge is 0.349 e. The number of hydrogen-bond acceptors (Lipinski definition) is 6. The van der Waals surface area contributed by atoms with Crippen molar-refractivity contribution in [2.75, 3.05) is 18.6 Å². The van der Waals surface area contributed by atoms with Gasteiger partial charge in [-0.3, -0.25) is 9.69 Å². The molecule has 6 nitrogen and oxygen atoms in total. The first-order chi connectivity index (χ1) is 11.7. The summed E-state index contributed by atoms with van der Waals surface area (Å²) in [5, 5.41) is 0.548. The van der Waals surface area contributed by atoms with Gasteiger partial charge in [0.05, 0.1) is 13.3 Å². The van der Waals surface area contributed by atoms with Gasteiger partial charge in [-0.1, -0.05) is 29.5 Å². The van der Waals surface area contributed by atoms with Crippen molar-refractivity contribution in [3.8, 4) is 5.75 Å². The first-order valence-electron chi connectivity index (χ1n) is 7.78. The summed E-state index contributed by atoms with van der Waals surface area (Å²) in [6.07, 6.45) is 3.37. The van der Waals surface area contributed by atoms with Crippen molar-refractivity contribution in [3.63, 3.8) is 0 Å². The fourth-order valence-electron chi connectivity index (χ4n) is 2.87. The summed E-state index contributed by atoms with van der Waals surface area (Å²) in [6, 6.07) is 7.77. The van der Waals surface area contributed by atoms with E-state index in [2.05, 4.69) is 4.98 Å². The van der Waals surface area contributed by atoms with Crippen molar-refractivity contribution in [2.45, 2.75) is 24.8 Å². The number of aromatic nitrogens is 1. The molecule has 1 amide bonds. The normalized spacial score (nSPS) is 18.6. The number of methoxy groups -OCH3 is 1. The molecule has 7 heteroatoms. The lowest BCUT2D eigenvalue weighted by Gasteiger charge is -2.22. The number of anilines is 1. The summed E-state index contributed by atoms with van der Waals surface area (Å²) in [4.78, 5) is 31.2. The number of thiazole rings is 1. The van der Waals surface area contributed by atoms with E-state index >= 15 is 0 Å². The van der Waals surface area contributed by atoms with Crippen LogP contribution >= 0.6 is 11.3 Å². The zero-order valence-electron chi connectivity index (χ0n) is 13.1. The third-order valence-electron chi connectivity index (χ3n) is 4.23. The number of para-hydroxylation sites is 1. The van der Waals surface area contributed by atoms with E-state index in [0.29, 0.717) is 16.6 Å². The monoisotopic (exact) mass is 344 g/mol. The maximum Gasteiger partial charge on any atom is 0.349 e. The van der Waals surface area contributed by atoms with Crippen LogP contribution in [0.25, 0.3) is 0 Å². The highest BCUT2D eigenvalue weighted by Crippen LogP contribution is 2.40. The number of rotatable bonds is 4. The Morgan fingerprint density at radius 3 is 2.88 bits per heavy atom. The molecule has 1 saturated carbocycles. The molecule has 1 aromatic heterocycles. The Morgan fingerprint density at radius 1 is 1.33 bits per heavy atom. The average molecular weight is 344 g/mol. The van der Waals surface area contributed by atoms with Crippen molar-refractivity contribution in [1.29, 1.82) is 0 Å². The number of nitrogens with zero attached hydrogens (tertiary/aromatic N) is 2. The van der Waals surface area contributed by atoms with Crippen LogP contribution in [0.1, 0.15) is 34.0 Å². The molecule has 1 aromatic carbocycles. The Balaban J connectivity index is 1.63. The number of carbonyl (C=O) groups is 2. The van der Waals surface area contributed by atoms with Gasteiger partial charge in [-0.25, -0.2) is 9.78 Å². The number of carbonyl (C=O) groups excluding carboxylic acids is 2. The highest BCUT2D eigenvalue weighted by atomic mass is 32.1. The molecule has 0 spiro atoms. The number of ether oxygens (including phenoxy) is 2. The minimum atomic E-state index is -0.434. The fraction of sp³-hybridized carbons (Fsp3) is 0.353. The summed E-state index contributed by atoms with van der Waals surface area (Å²) in [5.74, 6) is -0.0158. The minimum Gasteiger partial charge on any atom is -0.492 e. The van der Waals surface area contributed by atoms with Gasteiger partial charge >= 0.3 is 5.97 Å². The number of esters is 1. The molecule has 2 aliphatic rings. The van der Waals surface area contributed by atoms with Crippen LogP contribution in [-0.4, -0.2) is 36.6 Å². The van der Waals surface area contributed by atoms with Crippen LogP contribution in [0.5, 0.6) is 5.75 Å². The molecular weight excluding hydrogens is 328 g/mol. The minimum absolute atomic E-state index is 0.0202. The lowest BCUT2D eigenvalue weighted by atomic mass is 10.00. The number of fused-ring (bicyclic) bond motifs is 1. The van der Waals surface area contributed by atoms with E-state index in [-0.39, 0.29) is 17.9 Å². The average Bonchev–Trinajstić information content (AvgIpc) is 3.15. The Bertz CT molecular complexity index is 799. The molecule has 2 heterocycles.